The third-order valence-corrected chi connectivity index (χ3v) is 5.05. The fourth-order valence-electron chi connectivity index (χ4n) is 3.09. The van der Waals surface area contributed by atoms with Crippen LogP contribution in [0.5, 0.6) is 0 Å². The summed E-state index contributed by atoms with van der Waals surface area (Å²) >= 11 is 1.52. The molecule has 4 nitrogen and oxygen atoms in total. The van der Waals surface area contributed by atoms with Crippen LogP contribution in [0, 0.1) is 0 Å². The minimum atomic E-state index is -0.147. The van der Waals surface area contributed by atoms with E-state index in [4.69, 9.17) is 0 Å². The van der Waals surface area contributed by atoms with Crippen LogP contribution in [0.15, 0.2) is 17.5 Å². The molecule has 0 saturated carbocycles. The molecule has 2 saturated heterocycles. The second-order valence-electron chi connectivity index (χ2n) is 5.44. The predicted octanol–water partition coefficient (Wildman–Crippen LogP) is 1.42. The van der Waals surface area contributed by atoms with Crippen LogP contribution in [0.1, 0.15) is 28.9 Å². The van der Waals surface area contributed by atoms with E-state index in [9.17, 15) is 9.90 Å². The van der Waals surface area contributed by atoms with Crippen LogP contribution in [0.3, 0.4) is 0 Å². The van der Waals surface area contributed by atoms with Gasteiger partial charge in [-0.15, -0.1) is 11.3 Å². The molecule has 104 valence electrons. The summed E-state index contributed by atoms with van der Waals surface area (Å²) in [5.41, 5.74) is 0. The van der Waals surface area contributed by atoms with Gasteiger partial charge in [0.2, 0.25) is 0 Å². The van der Waals surface area contributed by atoms with Gasteiger partial charge in [0.25, 0.3) is 5.91 Å². The lowest BCUT2D eigenvalue weighted by molar-refractivity contribution is 0.0632. The van der Waals surface area contributed by atoms with Gasteiger partial charge in [0.15, 0.2) is 0 Å². The molecule has 2 aliphatic rings. The quantitative estimate of drug-likeness (QED) is 0.891. The number of piperidine rings is 1. The maximum absolute atomic E-state index is 12.2. The molecular weight excluding hydrogens is 260 g/mol. The van der Waals surface area contributed by atoms with Crippen molar-refractivity contribution in [2.45, 2.75) is 31.4 Å². The van der Waals surface area contributed by atoms with Crippen LogP contribution in [0.25, 0.3) is 0 Å². The molecular formula is C14H20N2O2S. The number of hydrogen-bond donors (Lipinski definition) is 1. The van der Waals surface area contributed by atoms with E-state index in [0.717, 1.165) is 50.3 Å². The van der Waals surface area contributed by atoms with Gasteiger partial charge in [-0.05, 0) is 30.7 Å². The van der Waals surface area contributed by atoms with Crippen molar-refractivity contribution in [3.8, 4) is 0 Å². The lowest BCUT2D eigenvalue weighted by atomic mass is 10.0. The highest BCUT2D eigenvalue weighted by Crippen LogP contribution is 2.23. The second-order valence-corrected chi connectivity index (χ2v) is 6.39. The molecule has 3 heterocycles. The highest BCUT2D eigenvalue weighted by Gasteiger charge is 2.31. The molecule has 0 spiro atoms. The lowest BCUT2D eigenvalue weighted by Crippen LogP contribution is -2.46. The van der Waals surface area contributed by atoms with Crippen LogP contribution < -0.4 is 0 Å². The molecule has 0 bridgehead atoms. The first-order chi connectivity index (χ1) is 9.24. The van der Waals surface area contributed by atoms with E-state index in [1.54, 1.807) is 0 Å². The number of likely N-dealkylation sites (tertiary alicyclic amines) is 2. The Morgan fingerprint density at radius 2 is 2.05 bits per heavy atom. The molecule has 1 N–H and O–H groups in total. The molecule has 0 unspecified atom stereocenters. The van der Waals surface area contributed by atoms with Gasteiger partial charge in [-0.1, -0.05) is 6.07 Å². The van der Waals surface area contributed by atoms with Crippen molar-refractivity contribution in [3.63, 3.8) is 0 Å². The van der Waals surface area contributed by atoms with E-state index >= 15 is 0 Å². The number of amides is 1. The van der Waals surface area contributed by atoms with Gasteiger partial charge < -0.3 is 10.0 Å². The van der Waals surface area contributed by atoms with Crippen LogP contribution >= 0.6 is 11.3 Å². The molecule has 0 aromatic carbocycles. The first-order valence-corrected chi connectivity index (χ1v) is 7.87. The van der Waals surface area contributed by atoms with E-state index < -0.39 is 0 Å². The number of thiophene rings is 1. The van der Waals surface area contributed by atoms with Crippen molar-refractivity contribution in [1.82, 2.24) is 9.80 Å². The van der Waals surface area contributed by atoms with E-state index in [1.165, 1.54) is 11.3 Å². The highest BCUT2D eigenvalue weighted by atomic mass is 32.1. The fourth-order valence-corrected chi connectivity index (χ4v) is 3.78. The zero-order valence-electron chi connectivity index (χ0n) is 11.0. The monoisotopic (exact) mass is 280 g/mol. The Labute approximate surface area is 117 Å². The van der Waals surface area contributed by atoms with E-state index in [1.807, 2.05) is 22.4 Å². The smallest absolute Gasteiger partial charge is 0.263 e. The Morgan fingerprint density at radius 3 is 2.63 bits per heavy atom. The fraction of sp³-hybridized carbons (Fsp3) is 0.643. The maximum atomic E-state index is 12.2. The molecule has 19 heavy (non-hydrogen) atoms. The molecule has 1 aromatic heterocycles. The van der Waals surface area contributed by atoms with E-state index in [-0.39, 0.29) is 12.0 Å². The number of nitrogens with zero attached hydrogens (tertiary/aromatic N) is 2. The average molecular weight is 280 g/mol. The van der Waals surface area contributed by atoms with Gasteiger partial charge in [-0.3, -0.25) is 9.69 Å². The van der Waals surface area contributed by atoms with Crippen LogP contribution in [0.2, 0.25) is 0 Å². The van der Waals surface area contributed by atoms with Gasteiger partial charge in [0, 0.05) is 32.2 Å². The van der Waals surface area contributed by atoms with Crippen molar-refractivity contribution in [3.05, 3.63) is 22.4 Å². The Hall–Kier alpha value is -0.910. The molecule has 2 fully saturated rings. The predicted molar refractivity (Wildman–Crippen MR) is 75.4 cm³/mol. The topological polar surface area (TPSA) is 43.8 Å². The Bertz CT molecular complexity index is 427. The maximum Gasteiger partial charge on any atom is 0.263 e. The Morgan fingerprint density at radius 1 is 1.26 bits per heavy atom. The van der Waals surface area contributed by atoms with Gasteiger partial charge in [0.05, 0.1) is 11.0 Å². The molecule has 2 aliphatic heterocycles. The lowest BCUT2D eigenvalue weighted by Gasteiger charge is -2.36. The summed E-state index contributed by atoms with van der Waals surface area (Å²) in [6, 6.07) is 4.37. The van der Waals surface area contributed by atoms with Crippen molar-refractivity contribution in [2.24, 2.45) is 0 Å². The Kier molecular flexibility index (Phi) is 3.86. The number of carbonyl (C=O) groups excluding carboxylic acids is 1. The summed E-state index contributed by atoms with van der Waals surface area (Å²) in [7, 11) is 0. The normalized spacial score (nSPS) is 25.9. The molecule has 0 radical (unpaired) electrons. The molecule has 5 heteroatoms. The molecule has 0 aliphatic carbocycles. The zero-order chi connectivity index (χ0) is 13.2. The number of aliphatic hydroxyl groups is 1. The van der Waals surface area contributed by atoms with Crippen molar-refractivity contribution in [1.29, 1.82) is 0 Å². The van der Waals surface area contributed by atoms with Gasteiger partial charge in [-0.25, -0.2) is 0 Å². The summed E-state index contributed by atoms with van der Waals surface area (Å²) in [5, 5.41) is 11.5. The number of hydrogen-bond acceptors (Lipinski definition) is 4. The summed E-state index contributed by atoms with van der Waals surface area (Å²) in [4.78, 5) is 17.4. The van der Waals surface area contributed by atoms with Gasteiger partial charge in [-0.2, -0.15) is 0 Å². The molecule has 3 rings (SSSR count). The summed E-state index contributed by atoms with van der Waals surface area (Å²) in [6.07, 6.45) is 2.81. The zero-order valence-corrected chi connectivity index (χ0v) is 11.8. The van der Waals surface area contributed by atoms with Gasteiger partial charge >= 0.3 is 0 Å². The standard InChI is InChI=1S/C14H20N2O2S/c17-12-5-8-16(10-12)11-3-6-15(7-4-11)14(18)13-2-1-9-19-13/h1-2,9,11-12,17H,3-8,10H2/t12-/m1/s1. The second kappa shape index (κ2) is 5.61. The third-order valence-electron chi connectivity index (χ3n) is 4.19. The van der Waals surface area contributed by atoms with E-state index in [2.05, 4.69) is 4.90 Å². The number of rotatable bonds is 2. The SMILES string of the molecule is O=C(c1cccs1)N1CCC(N2CC[C@@H](O)C2)CC1. The van der Waals surface area contributed by atoms with Crippen molar-refractivity contribution < 1.29 is 9.90 Å². The highest BCUT2D eigenvalue weighted by molar-refractivity contribution is 7.12. The van der Waals surface area contributed by atoms with Gasteiger partial charge in [0.1, 0.15) is 0 Å². The first kappa shape index (κ1) is 13.1. The van der Waals surface area contributed by atoms with Crippen molar-refractivity contribution >= 4 is 17.2 Å². The first-order valence-electron chi connectivity index (χ1n) is 6.99. The van der Waals surface area contributed by atoms with Crippen LogP contribution in [-0.2, 0) is 0 Å². The number of β-amino-alcohol motifs (C(OH)–C–C–N with tert-alkyl or cyclic N) is 1. The summed E-state index contributed by atoms with van der Waals surface area (Å²) in [5.74, 6) is 0.176. The largest absolute Gasteiger partial charge is 0.392 e. The van der Waals surface area contributed by atoms with Crippen LogP contribution in [-0.4, -0.2) is 59.1 Å². The van der Waals surface area contributed by atoms with E-state index in [0.29, 0.717) is 6.04 Å². The number of aliphatic hydroxyl groups excluding tert-OH is 1. The molecule has 1 atom stereocenters. The Balaban J connectivity index is 1.53. The minimum absolute atomic E-state index is 0.147. The number of carbonyl (C=O) groups is 1. The van der Waals surface area contributed by atoms with Crippen LogP contribution in [0.4, 0.5) is 0 Å². The molecule has 1 aromatic rings. The molecule has 1 amide bonds. The minimum Gasteiger partial charge on any atom is -0.392 e. The summed E-state index contributed by atoms with van der Waals surface area (Å²) in [6.45, 7) is 3.50. The average Bonchev–Trinajstić information content (AvgIpc) is 3.09. The third kappa shape index (κ3) is 2.83. The van der Waals surface area contributed by atoms with Crippen molar-refractivity contribution in [2.75, 3.05) is 26.2 Å². The summed E-state index contributed by atoms with van der Waals surface area (Å²) < 4.78 is 0.